The second-order valence-electron chi connectivity index (χ2n) is 5.31. The van der Waals surface area contributed by atoms with Crippen LogP contribution in [0.1, 0.15) is 45.6 Å². The lowest BCUT2D eigenvalue weighted by Gasteiger charge is -2.12. The van der Waals surface area contributed by atoms with E-state index in [0.717, 1.165) is 5.69 Å². The zero-order valence-corrected chi connectivity index (χ0v) is 14.2. The number of esters is 2. The average Bonchev–Trinajstić information content (AvgIpc) is 2.48. The Morgan fingerprint density at radius 3 is 2.22 bits per heavy atom. The quantitative estimate of drug-likeness (QED) is 0.585. The molecule has 0 saturated carbocycles. The summed E-state index contributed by atoms with van der Waals surface area (Å²) in [5.74, 6) is -0.439. The molecule has 1 rings (SSSR count). The minimum Gasteiger partial charge on any atom is -0.466 e. The predicted octanol–water partition coefficient (Wildman–Crippen LogP) is 3.62. The maximum absolute atomic E-state index is 11.7. The van der Waals surface area contributed by atoms with E-state index in [9.17, 15) is 9.59 Å². The van der Waals surface area contributed by atoms with Crippen molar-refractivity contribution in [3.63, 3.8) is 0 Å². The maximum Gasteiger partial charge on any atom is 0.332 e. The van der Waals surface area contributed by atoms with E-state index >= 15 is 0 Å². The Morgan fingerprint density at radius 2 is 1.70 bits per heavy atom. The van der Waals surface area contributed by atoms with Crippen molar-refractivity contribution in [1.29, 1.82) is 0 Å². The summed E-state index contributed by atoms with van der Waals surface area (Å²) in [4.78, 5) is 23.3. The first kappa shape index (κ1) is 18.7. The first-order valence-electron chi connectivity index (χ1n) is 7.86. The van der Waals surface area contributed by atoms with Crippen LogP contribution in [0.15, 0.2) is 36.0 Å². The van der Waals surface area contributed by atoms with Gasteiger partial charge in [0.25, 0.3) is 0 Å². The Hall–Kier alpha value is -2.30. The third-order valence-corrected chi connectivity index (χ3v) is 3.10. The number of carbonyl (C=O) groups excluding carboxylic acids is 2. The first-order chi connectivity index (χ1) is 11.0. The Balaban J connectivity index is 2.86. The third-order valence-electron chi connectivity index (χ3n) is 3.10. The molecule has 0 aliphatic rings. The molecule has 0 aliphatic carbocycles. The highest BCUT2D eigenvalue weighted by Crippen LogP contribution is 2.19. The smallest absolute Gasteiger partial charge is 0.332 e. The monoisotopic (exact) mass is 319 g/mol. The molecular weight excluding hydrogens is 294 g/mol. The Labute approximate surface area is 137 Å². The molecular formula is C18H25NO4. The topological polar surface area (TPSA) is 64.6 Å². The normalized spacial score (nSPS) is 11.3. The number of carbonyl (C=O) groups is 2. The van der Waals surface area contributed by atoms with Gasteiger partial charge in [0, 0.05) is 17.5 Å². The van der Waals surface area contributed by atoms with Crippen LogP contribution in [0.2, 0.25) is 0 Å². The van der Waals surface area contributed by atoms with E-state index in [1.807, 2.05) is 24.3 Å². The minimum absolute atomic E-state index is 0.0153. The number of ether oxygens (including phenoxy) is 2. The lowest BCUT2D eigenvalue weighted by molar-refractivity contribution is -0.142. The number of hydrogen-bond acceptors (Lipinski definition) is 5. The van der Waals surface area contributed by atoms with E-state index in [4.69, 9.17) is 9.47 Å². The molecule has 1 aromatic carbocycles. The molecule has 1 aromatic rings. The summed E-state index contributed by atoms with van der Waals surface area (Å²) >= 11 is 0. The van der Waals surface area contributed by atoms with Gasteiger partial charge in [0.1, 0.15) is 0 Å². The molecule has 0 heterocycles. The summed E-state index contributed by atoms with van der Waals surface area (Å²) in [6.45, 7) is 8.30. The molecule has 0 bridgehead atoms. The molecule has 0 aromatic heterocycles. The largest absolute Gasteiger partial charge is 0.466 e. The van der Waals surface area contributed by atoms with Crippen molar-refractivity contribution in [3.8, 4) is 0 Å². The minimum atomic E-state index is -0.488. The van der Waals surface area contributed by atoms with E-state index in [2.05, 4.69) is 19.2 Å². The predicted molar refractivity (Wildman–Crippen MR) is 90.1 cm³/mol. The van der Waals surface area contributed by atoms with Gasteiger partial charge in [-0.2, -0.15) is 0 Å². The Bertz CT molecular complexity index is 547. The van der Waals surface area contributed by atoms with E-state index in [-0.39, 0.29) is 13.0 Å². The van der Waals surface area contributed by atoms with Crippen LogP contribution in [0.4, 0.5) is 5.69 Å². The van der Waals surface area contributed by atoms with Crippen LogP contribution in [-0.4, -0.2) is 25.2 Å². The number of rotatable bonds is 8. The fraction of sp³-hybridized carbons (Fsp3) is 0.444. The summed E-state index contributed by atoms with van der Waals surface area (Å²) in [6.07, 6.45) is 1.27. The number of nitrogens with one attached hydrogen (secondary N) is 1. The van der Waals surface area contributed by atoms with E-state index in [1.54, 1.807) is 13.8 Å². The van der Waals surface area contributed by atoms with Gasteiger partial charge in [0.15, 0.2) is 0 Å². The Kier molecular flexibility index (Phi) is 7.88. The SMILES string of the molecule is CCOC(=O)/C=C(/CC(=O)OCC)Nc1ccc(C(C)C)cc1. The number of hydrogen-bond donors (Lipinski definition) is 1. The molecule has 0 amide bonds. The lowest BCUT2D eigenvalue weighted by Crippen LogP contribution is -2.12. The van der Waals surface area contributed by atoms with Crippen molar-refractivity contribution in [2.45, 2.75) is 40.0 Å². The van der Waals surface area contributed by atoms with E-state index < -0.39 is 11.9 Å². The molecule has 1 N–H and O–H groups in total. The highest BCUT2D eigenvalue weighted by molar-refractivity contribution is 5.85. The van der Waals surface area contributed by atoms with Gasteiger partial charge in [-0.15, -0.1) is 0 Å². The molecule has 126 valence electrons. The average molecular weight is 319 g/mol. The third kappa shape index (κ3) is 7.00. The molecule has 0 atom stereocenters. The van der Waals surface area contributed by atoms with Crippen LogP contribution in [0.5, 0.6) is 0 Å². The molecule has 0 spiro atoms. The zero-order chi connectivity index (χ0) is 17.2. The fourth-order valence-corrected chi connectivity index (χ4v) is 1.96. The summed E-state index contributed by atoms with van der Waals surface area (Å²) in [5, 5.41) is 3.08. The summed E-state index contributed by atoms with van der Waals surface area (Å²) in [5.41, 5.74) is 2.46. The van der Waals surface area contributed by atoms with Gasteiger partial charge in [-0.05, 0) is 37.5 Å². The van der Waals surface area contributed by atoms with Gasteiger partial charge in [-0.3, -0.25) is 4.79 Å². The van der Waals surface area contributed by atoms with Gasteiger partial charge >= 0.3 is 11.9 Å². The van der Waals surface area contributed by atoms with Gasteiger partial charge < -0.3 is 14.8 Å². The fourth-order valence-electron chi connectivity index (χ4n) is 1.96. The molecule has 0 saturated heterocycles. The zero-order valence-electron chi connectivity index (χ0n) is 14.2. The van der Waals surface area contributed by atoms with Crippen molar-refractivity contribution in [2.24, 2.45) is 0 Å². The van der Waals surface area contributed by atoms with Crippen LogP contribution in [-0.2, 0) is 19.1 Å². The number of benzene rings is 1. The van der Waals surface area contributed by atoms with Crippen LogP contribution in [0, 0.1) is 0 Å². The van der Waals surface area contributed by atoms with Crippen molar-refractivity contribution in [3.05, 3.63) is 41.6 Å². The van der Waals surface area contributed by atoms with Crippen LogP contribution in [0.3, 0.4) is 0 Å². The summed E-state index contributed by atoms with van der Waals surface area (Å²) in [7, 11) is 0. The van der Waals surface area contributed by atoms with Crippen LogP contribution >= 0.6 is 0 Å². The molecule has 23 heavy (non-hydrogen) atoms. The molecule has 0 aliphatic heterocycles. The van der Waals surface area contributed by atoms with E-state index in [0.29, 0.717) is 18.2 Å². The van der Waals surface area contributed by atoms with Crippen molar-refractivity contribution < 1.29 is 19.1 Å². The summed E-state index contributed by atoms with van der Waals surface area (Å²) in [6, 6.07) is 7.86. The number of anilines is 1. The highest BCUT2D eigenvalue weighted by atomic mass is 16.5. The van der Waals surface area contributed by atoms with Crippen molar-refractivity contribution in [1.82, 2.24) is 0 Å². The molecule has 0 radical (unpaired) electrons. The second-order valence-corrected chi connectivity index (χ2v) is 5.31. The first-order valence-corrected chi connectivity index (χ1v) is 7.86. The standard InChI is InChI=1S/C18H25NO4/c1-5-22-17(20)11-16(12-18(21)23-6-2)19-15-9-7-14(8-10-15)13(3)4/h7-11,13,19H,5-6,12H2,1-4H3/b16-11-. The van der Waals surface area contributed by atoms with Gasteiger partial charge in [0.2, 0.25) is 0 Å². The molecule has 0 unspecified atom stereocenters. The second kappa shape index (κ2) is 9.66. The maximum atomic E-state index is 11.7. The van der Waals surface area contributed by atoms with Crippen molar-refractivity contribution in [2.75, 3.05) is 18.5 Å². The highest BCUT2D eigenvalue weighted by Gasteiger charge is 2.10. The van der Waals surface area contributed by atoms with Crippen LogP contribution in [0.25, 0.3) is 0 Å². The Morgan fingerprint density at radius 1 is 1.09 bits per heavy atom. The van der Waals surface area contributed by atoms with Crippen molar-refractivity contribution >= 4 is 17.6 Å². The van der Waals surface area contributed by atoms with Gasteiger partial charge in [-0.1, -0.05) is 26.0 Å². The van der Waals surface area contributed by atoms with Gasteiger partial charge in [0.05, 0.1) is 19.6 Å². The van der Waals surface area contributed by atoms with Gasteiger partial charge in [-0.25, -0.2) is 4.79 Å². The summed E-state index contributed by atoms with van der Waals surface area (Å²) < 4.78 is 9.83. The molecule has 5 nitrogen and oxygen atoms in total. The van der Waals surface area contributed by atoms with Crippen LogP contribution < -0.4 is 5.32 Å². The molecule has 0 fully saturated rings. The lowest BCUT2D eigenvalue weighted by atomic mass is 10.0. The molecule has 5 heteroatoms. The van der Waals surface area contributed by atoms with E-state index in [1.165, 1.54) is 11.6 Å².